The molecule has 0 nitrogen and oxygen atoms in total. The maximum Gasteiger partial charge on any atom is -0.0239 e. The third-order valence-electron chi connectivity index (χ3n) is 3.73. The van der Waals surface area contributed by atoms with Gasteiger partial charge in [-0.15, -0.1) is 6.58 Å². The van der Waals surface area contributed by atoms with Gasteiger partial charge >= 0.3 is 0 Å². The lowest BCUT2D eigenvalue weighted by atomic mass is 9.90. The van der Waals surface area contributed by atoms with Crippen molar-refractivity contribution >= 4 is 0 Å². The van der Waals surface area contributed by atoms with E-state index in [1.807, 2.05) is 0 Å². The minimum Gasteiger partial charge on any atom is -0.100 e. The summed E-state index contributed by atoms with van der Waals surface area (Å²) in [4.78, 5) is 0. The van der Waals surface area contributed by atoms with E-state index in [1.54, 1.807) is 5.57 Å². The number of hydrogen-bond acceptors (Lipinski definition) is 0. The largest absolute Gasteiger partial charge is 0.100 e. The normalized spacial score (nSPS) is 15.0. The Morgan fingerprint density at radius 1 is 1.06 bits per heavy atom. The van der Waals surface area contributed by atoms with Gasteiger partial charge < -0.3 is 0 Å². The Morgan fingerprint density at radius 3 is 2.33 bits per heavy atom. The van der Waals surface area contributed by atoms with Crippen LogP contribution in [0.5, 0.6) is 0 Å². The molecule has 0 heterocycles. The maximum atomic E-state index is 4.25. The Labute approximate surface area is 113 Å². The van der Waals surface area contributed by atoms with Gasteiger partial charge in [0.2, 0.25) is 0 Å². The second kappa shape index (κ2) is 8.13. The van der Waals surface area contributed by atoms with Gasteiger partial charge in [0.15, 0.2) is 0 Å². The molecule has 0 radical (unpaired) electrons. The lowest BCUT2D eigenvalue weighted by Gasteiger charge is -2.15. The van der Waals surface area contributed by atoms with Gasteiger partial charge in [0.25, 0.3) is 0 Å². The molecule has 18 heavy (non-hydrogen) atoms. The van der Waals surface area contributed by atoms with Gasteiger partial charge in [-0.2, -0.15) is 0 Å². The molecule has 0 saturated heterocycles. The molecule has 0 bridgehead atoms. The van der Waals surface area contributed by atoms with Crippen molar-refractivity contribution in [2.45, 2.75) is 65.2 Å². The number of unbranched alkanes of at least 4 members (excludes halogenated alkanes) is 2. The van der Waals surface area contributed by atoms with Crippen molar-refractivity contribution < 1.29 is 0 Å². The molecule has 0 aliphatic heterocycles. The van der Waals surface area contributed by atoms with Gasteiger partial charge in [-0.05, 0) is 57.4 Å². The number of allylic oxidation sites excluding steroid dienone is 6. The van der Waals surface area contributed by atoms with E-state index in [9.17, 15) is 0 Å². The average molecular weight is 244 g/mol. The van der Waals surface area contributed by atoms with Crippen LogP contribution in [0.1, 0.15) is 65.2 Å². The molecule has 0 spiro atoms. The third kappa shape index (κ3) is 5.53. The van der Waals surface area contributed by atoms with Gasteiger partial charge in [-0.3, -0.25) is 0 Å². The molecule has 0 aromatic carbocycles. The minimum absolute atomic E-state index is 1.16. The quantitative estimate of drug-likeness (QED) is 0.356. The standard InChI is InChI=1S/C18H28/c1-5-17-11-13-18(14-12-17)16(4)10-8-6-7-9-15(2)3/h11,13H,2,4-10,12,14H2,1,3H3. The maximum absolute atomic E-state index is 4.25. The molecule has 0 aromatic rings. The number of hydrogen-bond donors (Lipinski definition) is 0. The van der Waals surface area contributed by atoms with Crippen LogP contribution in [0.4, 0.5) is 0 Å². The predicted octanol–water partition coefficient (Wildman–Crippen LogP) is 6.13. The highest BCUT2D eigenvalue weighted by atomic mass is 14.1. The van der Waals surface area contributed by atoms with Crippen molar-refractivity contribution in [3.8, 4) is 0 Å². The lowest BCUT2D eigenvalue weighted by molar-refractivity contribution is 0.672. The summed E-state index contributed by atoms with van der Waals surface area (Å²) in [5.41, 5.74) is 5.72. The van der Waals surface area contributed by atoms with Crippen molar-refractivity contribution in [3.05, 3.63) is 47.6 Å². The van der Waals surface area contributed by atoms with Gasteiger partial charge in [0.05, 0.1) is 0 Å². The SMILES string of the molecule is C=C(C)CCCCCC(=C)C1=CC=C(CC)CC1. The van der Waals surface area contributed by atoms with Crippen LogP contribution in [0.3, 0.4) is 0 Å². The second-order valence-corrected chi connectivity index (χ2v) is 5.49. The fraction of sp³-hybridized carbons (Fsp3) is 0.556. The monoisotopic (exact) mass is 244 g/mol. The molecule has 100 valence electrons. The Balaban J connectivity index is 2.23. The summed E-state index contributed by atoms with van der Waals surface area (Å²) in [6.45, 7) is 12.5. The molecular formula is C18H28. The first-order chi connectivity index (χ1) is 8.63. The Hall–Kier alpha value is -1.04. The van der Waals surface area contributed by atoms with Crippen LogP contribution in [0.15, 0.2) is 47.6 Å². The molecular weight excluding hydrogens is 216 g/mol. The van der Waals surface area contributed by atoms with E-state index in [1.165, 1.54) is 61.7 Å². The first-order valence-electron chi connectivity index (χ1n) is 7.34. The highest BCUT2D eigenvalue weighted by molar-refractivity contribution is 5.36. The van der Waals surface area contributed by atoms with E-state index in [4.69, 9.17) is 0 Å². The molecule has 0 N–H and O–H groups in total. The molecule has 1 rings (SSSR count). The van der Waals surface area contributed by atoms with E-state index in [2.05, 4.69) is 39.2 Å². The summed E-state index contributed by atoms with van der Waals surface area (Å²) in [7, 11) is 0. The zero-order valence-corrected chi connectivity index (χ0v) is 12.2. The van der Waals surface area contributed by atoms with Crippen molar-refractivity contribution in [2.75, 3.05) is 0 Å². The van der Waals surface area contributed by atoms with E-state index < -0.39 is 0 Å². The highest BCUT2D eigenvalue weighted by Gasteiger charge is 2.07. The molecule has 1 aliphatic rings. The lowest BCUT2D eigenvalue weighted by Crippen LogP contribution is -1.96. The van der Waals surface area contributed by atoms with Crippen LogP contribution >= 0.6 is 0 Å². The fourth-order valence-electron chi connectivity index (χ4n) is 2.37. The van der Waals surface area contributed by atoms with Gasteiger partial charge in [0.1, 0.15) is 0 Å². The van der Waals surface area contributed by atoms with Crippen molar-refractivity contribution in [1.82, 2.24) is 0 Å². The highest BCUT2D eigenvalue weighted by Crippen LogP contribution is 2.27. The van der Waals surface area contributed by atoms with Crippen molar-refractivity contribution in [3.63, 3.8) is 0 Å². The molecule has 0 amide bonds. The van der Waals surface area contributed by atoms with Crippen LogP contribution in [0.25, 0.3) is 0 Å². The van der Waals surface area contributed by atoms with Gasteiger partial charge in [0, 0.05) is 0 Å². The topological polar surface area (TPSA) is 0 Å². The fourth-order valence-corrected chi connectivity index (χ4v) is 2.37. The summed E-state index contributed by atoms with van der Waals surface area (Å²) in [6.07, 6.45) is 14.4. The predicted molar refractivity (Wildman–Crippen MR) is 82.7 cm³/mol. The van der Waals surface area contributed by atoms with Crippen LogP contribution < -0.4 is 0 Å². The van der Waals surface area contributed by atoms with Crippen LogP contribution in [0.2, 0.25) is 0 Å². The molecule has 0 aromatic heterocycles. The summed E-state index contributed by atoms with van der Waals surface area (Å²) in [5, 5.41) is 0. The van der Waals surface area contributed by atoms with Gasteiger partial charge in [-0.1, -0.05) is 48.8 Å². The van der Waals surface area contributed by atoms with Crippen molar-refractivity contribution in [1.29, 1.82) is 0 Å². The van der Waals surface area contributed by atoms with E-state index in [0.29, 0.717) is 0 Å². The molecule has 0 unspecified atom stereocenters. The first kappa shape index (κ1) is 15.0. The van der Waals surface area contributed by atoms with E-state index in [0.717, 1.165) is 6.42 Å². The average Bonchev–Trinajstić information content (AvgIpc) is 2.38. The molecule has 0 heteroatoms. The number of rotatable bonds is 8. The van der Waals surface area contributed by atoms with Crippen molar-refractivity contribution in [2.24, 2.45) is 0 Å². The molecule has 0 fully saturated rings. The second-order valence-electron chi connectivity index (χ2n) is 5.49. The third-order valence-corrected chi connectivity index (χ3v) is 3.73. The summed E-state index contributed by atoms with van der Waals surface area (Å²) < 4.78 is 0. The summed E-state index contributed by atoms with van der Waals surface area (Å²) in [6, 6.07) is 0. The minimum atomic E-state index is 1.16. The van der Waals surface area contributed by atoms with Gasteiger partial charge in [-0.25, -0.2) is 0 Å². The van der Waals surface area contributed by atoms with E-state index in [-0.39, 0.29) is 0 Å². The molecule has 0 atom stereocenters. The summed E-state index contributed by atoms with van der Waals surface area (Å²) >= 11 is 0. The Morgan fingerprint density at radius 2 is 1.78 bits per heavy atom. The zero-order chi connectivity index (χ0) is 13.4. The van der Waals surface area contributed by atoms with E-state index >= 15 is 0 Å². The Kier molecular flexibility index (Phi) is 6.78. The van der Waals surface area contributed by atoms with Crippen LogP contribution in [-0.2, 0) is 0 Å². The zero-order valence-electron chi connectivity index (χ0n) is 12.2. The summed E-state index contributed by atoms with van der Waals surface area (Å²) in [5.74, 6) is 0. The van der Waals surface area contributed by atoms with Crippen LogP contribution in [0, 0.1) is 0 Å². The molecule has 1 aliphatic carbocycles. The molecule has 0 saturated carbocycles. The first-order valence-corrected chi connectivity index (χ1v) is 7.34. The smallest absolute Gasteiger partial charge is 0.0239 e. The Bertz CT molecular complexity index is 352. The van der Waals surface area contributed by atoms with Crippen LogP contribution in [-0.4, -0.2) is 0 Å².